The molecule has 1 aromatic carbocycles. The van der Waals surface area contributed by atoms with Gasteiger partial charge in [0.05, 0.1) is 30.4 Å². The molecule has 0 unspecified atom stereocenters. The molecule has 0 radical (unpaired) electrons. The molecule has 3 aromatic rings. The molecule has 7 nitrogen and oxygen atoms in total. The van der Waals surface area contributed by atoms with Gasteiger partial charge in [-0.1, -0.05) is 30.3 Å². The van der Waals surface area contributed by atoms with Gasteiger partial charge < -0.3 is 10.4 Å². The highest BCUT2D eigenvalue weighted by atomic mass is 32.1. The molecule has 31 heavy (non-hydrogen) atoms. The third-order valence-corrected chi connectivity index (χ3v) is 7.22. The fraction of sp³-hybridized carbons (Fsp3) is 0.435. The van der Waals surface area contributed by atoms with Gasteiger partial charge in [-0.15, -0.1) is 11.3 Å². The lowest BCUT2D eigenvalue weighted by molar-refractivity contribution is -0.123. The van der Waals surface area contributed by atoms with Crippen molar-refractivity contribution >= 4 is 27.5 Å². The summed E-state index contributed by atoms with van der Waals surface area (Å²) in [6, 6.07) is 9.81. The van der Waals surface area contributed by atoms with Crippen LogP contribution in [0.25, 0.3) is 10.2 Å². The minimum Gasteiger partial charge on any atom is -0.388 e. The molecule has 0 aliphatic carbocycles. The summed E-state index contributed by atoms with van der Waals surface area (Å²) in [5, 5.41) is 14.7. The zero-order valence-electron chi connectivity index (χ0n) is 17.9. The topological polar surface area (TPSA) is 87.5 Å². The zero-order chi connectivity index (χ0) is 22.0. The van der Waals surface area contributed by atoms with Crippen molar-refractivity contribution in [3.8, 4) is 0 Å². The van der Waals surface area contributed by atoms with Crippen LogP contribution in [0.5, 0.6) is 0 Å². The van der Waals surface area contributed by atoms with Gasteiger partial charge in [0.25, 0.3) is 5.56 Å². The highest BCUT2D eigenvalue weighted by Crippen LogP contribution is 2.27. The molecule has 2 N–H and O–H groups in total. The maximum Gasteiger partial charge on any atom is 0.262 e. The van der Waals surface area contributed by atoms with Crippen LogP contribution in [0.2, 0.25) is 0 Å². The van der Waals surface area contributed by atoms with Gasteiger partial charge in [-0.2, -0.15) is 0 Å². The Bertz CT molecular complexity index is 1130. The number of carbonyl (C=O) groups is 1. The second kappa shape index (κ2) is 8.90. The van der Waals surface area contributed by atoms with Crippen molar-refractivity contribution < 1.29 is 9.90 Å². The van der Waals surface area contributed by atoms with Crippen molar-refractivity contribution in [3.05, 3.63) is 63.0 Å². The number of aromatic nitrogens is 2. The Labute approximate surface area is 185 Å². The molecule has 0 bridgehead atoms. The van der Waals surface area contributed by atoms with Crippen LogP contribution in [-0.4, -0.2) is 50.7 Å². The van der Waals surface area contributed by atoms with Crippen molar-refractivity contribution in [3.63, 3.8) is 0 Å². The van der Waals surface area contributed by atoms with Gasteiger partial charge in [-0.25, -0.2) is 4.98 Å². The van der Waals surface area contributed by atoms with E-state index in [1.165, 1.54) is 15.9 Å². The van der Waals surface area contributed by atoms with Gasteiger partial charge in [0.15, 0.2) is 0 Å². The molecule has 4 rings (SSSR count). The van der Waals surface area contributed by atoms with E-state index in [9.17, 15) is 14.7 Å². The minimum atomic E-state index is -0.977. The maximum atomic E-state index is 12.9. The van der Waals surface area contributed by atoms with Gasteiger partial charge >= 0.3 is 0 Å². The number of amides is 1. The molecule has 1 fully saturated rings. The molecule has 1 amide bonds. The third-order valence-electron chi connectivity index (χ3n) is 6.11. The quantitative estimate of drug-likeness (QED) is 0.614. The zero-order valence-corrected chi connectivity index (χ0v) is 18.7. The second-order valence-corrected chi connectivity index (χ2v) is 9.61. The monoisotopic (exact) mass is 440 g/mol. The van der Waals surface area contributed by atoms with Crippen LogP contribution in [0.3, 0.4) is 0 Å². The highest BCUT2D eigenvalue weighted by Gasteiger charge is 2.33. The van der Waals surface area contributed by atoms with E-state index in [1.807, 2.05) is 49.1 Å². The first-order chi connectivity index (χ1) is 14.8. The SMILES string of the molecule is Cc1sc2ncn(CC3(O)CCN(CC(=O)NCc4ccccc4)CC3)c(=O)c2c1C. The molecule has 0 atom stereocenters. The van der Waals surface area contributed by atoms with E-state index in [1.54, 1.807) is 6.33 Å². The van der Waals surface area contributed by atoms with Crippen LogP contribution >= 0.6 is 11.3 Å². The summed E-state index contributed by atoms with van der Waals surface area (Å²) in [7, 11) is 0. The number of rotatable bonds is 6. The number of fused-ring (bicyclic) bond motifs is 1. The number of likely N-dealkylation sites (tertiary alicyclic amines) is 1. The minimum absolute atomic E-state index is 0.0246. The molecule has 3 heterocycles. The van der Waals surface area contributed by atoms with Gasteiger partial charge in [-0.05, 0) is 37.8 Å². The summed E-state index contributed by atoms with van der Waals surface area (Å²) in [6.07, 6.45) is 2.55. The molecule has 1 aliphatic heterocycles. The summed E-state index contributed by atoms with van der Waals surface area (Å²) in [4.78, 5) is 33.5. The Balaban J connectivity index is 1.33. The average Bonchev–Trinajstić information content (AvgIpc) is 3.05. The van der Waals surface area contributed by atoms with Crippen LogP contribution in [0, 0.1) is 13.8 Å². The molecule has 0 saturated carbocycles. The summed E-state index contributed by atoms with van der Waals surface area (Å²) < 4.78 is 1.53. The Hall–Kier alpha value is -2.55. The normalized spacial score (nSPS) is 16.5. The van der Waals surface area contributed by atoms with Crippen molar-refractivity contribution in [2.45, 2.75) is 45.4 Å². The Morgan fingerprint density at radius 2 is 1.94 bits per heavy atom. The highest BCUT2D eigenvalue weighted by molar-refractivity contribution is 7.18. The van der Waals surface area contributed by atoms with Crippen molar-refractivity contribution in [2.75, 3.05) is 19.6 Å². The lowest BCUT2D eigenvalue weighted by Crippen LogP contribution is -2.50. The third kappa shape index (κ3) is 4.87. The lowest BCUT2D eigenvalue weighted by Gasteiger charge is -2.38. The number of nitrogens with one attached hydrogen (secondary N) is 1. The van der Waals surface area contributed by atoms with Crippen molar-refractivity contribution in [1.82, 2.24) is 19.8 Å². The fourth-order valence-electron chi connectivity index (χ4n) is 4.04. The standard InChI is InChI=1S/C23H28N4O3S/c1-16-17(2)31-21-20(16)22(29)27(15-25-21)14-23(30)8-10-26(11-9-23)13-19(28)24-12-18-6-4-3-5-7-18/h3-7,15,30H,8-14H2,1-2H3,(H,24,28). The molecular weight excluding hydrogens is 412 g/mol. The van der Waals surface area contributed by atoms with Crippen LogP contribution in [0.15, 0.2) is 41.5 Å². The Morgan fingerprint density at radius 3 is 2.65 bits per heavy atom. The number of aryl methyl sites for hydroxylation is 2. The first-order valence-corrected chi connectivity index (χ1v) is 11.4. The van der Waals surface area contributed by atoms with E-state index in [2.05, 4.69) is 10.3 Å². The molecule has 164 valence electrons. The predicted octanol–water partition coefficient (Wildman–Crippen LogP) is 2.22. The van der Waals surface area contributed by atoms with Gasteiger partial charge in [0.2, 0.25) is 5.91 Å². The molecule has 1 aliphatic rings. The number of hydrogen-bond donors (Lipinski definition) is 2. The number of thiophene rings is 1. The van der Waals surface area contributed by atoms with E-state index >= 15 is 0 Å². The Morgan fingerprint density at radius 1 is 1.23 bits per heavy atom. The molecule has 0 spiro atoms. The van der Waals surface area contributed by atoms with Crippen LogP contribution < -0.4 is 10.9 Å². The summed E-state index contributed by atoms with van der Waals surface area (Å²) in [5.74, 6) is -0.0246. The lowest BCUT2D eigenvalue weighted by atomic mass is 9.91. The largest absolute Gasteiger partial charge is 0.388 e. The number of hydrogen-bond acceptors (Lipinski definition) is 6. The number of nitrogens with zero attached hydrogens (tertiary/aromatic N) is 3. The van der Waals surface area contributed by atoms with Crippen LogP contribution in [0.4, 0.5) is 0 Å². The van der Waals surface area contributed by atoms with Crippen LogP contribution in [0.1, 0.15) is 28.8 Å². The number of aliphatic hydroxyl groups is 1. The number of benzene rings is 1. The smallest absolute Gasteiger partial charge is 0.262 e. The van der Waals surface area contributed by atoms with E-state index in [4.69, 9.17) is 0 Å². The van der Waals surface area contributed by atoms with Crippen molar-refractivity contribution in [1.29, 1.82) is 0 Å². The van der Waals surface area contributed by atoms with E-state index in [0.29, 0.717) is 44.4 Å². The van der Waals surface area contributed by atoms with E-state index in [-0.39, 0.29) is 18.0 Å². The molecule has 2 aromatic heterocycles. The van der Waals surface area contributed by atoms with E-state index in [0.717, 1.165) is 20.8 Å². The second-order valence-electron chi connectivity index (χ2n) is 8.40. The number of piperidine rings is 1. The maximum absolute atomic E-state index is 12.9. The molecule has 8 heteroatoms. The Kier molecular flexibility index (Phi) is 6.22. The van der Waals surface area contributed by atoms with E-state index < -0.39 is 5.60 Å². The first-order valence-electron chi connectivity index (χ1n) is 10.6. The average molecular weight is 441 g/mol. The van der Waals surface area contributed by atoms with Crippen LogP contribution in [-0.2, 0) is 17.9 Å². The van der Waals surface area contributed by atoms with Gasteiger partial charge in [-0.3, -0.25) is 19.1 Å². The van der Waals surface area contributed by atoms with Crippen molar-refractivity contribution in [2.24, 2.45) is 0 Å². The van der Waals surface area contributed by atoms with Gasteiger partial charge in [0, 0.05) is 24.5 Å². The summed E-state index contributed by atoms with van der Waals surface area (Å²) in [6.45, 7) is 6.19. The molecule has 1 saturated heterocycles. The number of carbonyl (C=O) groups excluding carboxylic acids is 1. The summed E-state index contributed by atoms with van der Waals surface area (Å²) >= 11 is 1.52. The predicted molar refractivity (Wildman–Crippen MR) is 122 cm³/mol. The van der Waals surface area contributed by atoms with Gasteiger partial charge in [0.1, 0.15) is 4.83 Å². The first kappa shape index (κ1) is 21.7. The molecular formula is C23H28N4O3S. The fourth-order valence-corrected chi connectivity index (χ4v) is 5.03. The summed E-state index contributed by atoms with van der Waals surface area (Å²) in [5.41, 5.74) is 0.962.